The topological polar surface area (TPSA) is 84.9 Å². The van der Waals surface area contributed by atoms with Crippen LogP contribution in [-0.4, -0.2) is 36.2 Å². The summed E-state index contributed by atoms with van der Waals surface area (Å²) in [6.07, 6.45) is -0.127. The van der Waals surface area contributed by atoms with E-state index in [4.69, 9.17) is 14.6 Å². The van der Waals surface area contributed by atoms with Crippen LogP contribution in [0.1, 0.15) is 23.7 Å². The Morgan fingerprint density at radius 2 is 2.11 bits per heavy atom. The van der Waals surface area contributed by atoms with E-state index in [1.807, 2.05) is 0 Å². The zero-order valence-electron chi connectivity index (χ0n) is 10.5. The second-order valence-electron chi connectivity index (χ2n) is 4.30. The summed E-state index contributed by atoms with van der Waals surface area (Å²) < 4.78 is 10.8. The third-order valence-electron chi connectivity index (χ3n) is 2.67. The smallest absolute Gasteiger partial charge is 0.305 e. The molecule has 0 aromatic heterocycles. The standard InChI is InChI=1S/C13H15NO5/c1-8(7-11(15)16)14-13(17)9-3-2-4-10-12(9)19-6-5-18-10/h2-4,8H,5-7H2,1H3,(H,14,17)(H,15,16). The highest BCUT2D eigenvalue weighted by Crippen LogP contribution is 2.33. The largest absolute Gasteiger partial charge is 0.486 e. The minimum Gasteiger partial charge on any atom is -0.486 e. The number of carbonyl (C=O) groups excluding carboxylic acids is 1. The minimum absolute atomic E-state index is 0.127. The molecule has 1 heterocycles. The lowest BCUT2D eigenvalue weighted by molar-refractivity contribution is -0.137. The SMILES string of the molecule is CC(CC(=O)O)NC(=O)c1cccc2c1OCCO2. The summed E-state index contributed by atoms with van der Waals surface area (Å²) in [5.41, 5.74) is 0.356. The zero-order chi connectivity index (χ0) is 13.8. The van der Waals surface area contributed by atoms with E-state index in [2.05, 4.69) is 5.32 Å². The van der Waals surface area contributed by atoms with Gasteiger partial charge in [-0.2, -0.15) is 0 Å². The van der Waals surface area contributed by atoms with Crippen molar-refractivity contribution in [3.63, 3.8) is 0 Å². The first-order valence-electron chi connectivity index (χ1n) is 5.99. The van der Waals surface area contributed by atoms with Gasteiger partial charge in [0.1, 0.15) is 13.2 Å². The summed E-state index contributed by atoms with van der Waals surface area (Å²) in [6.45, 7) is 2.48. The maximum atomic E-state index is 12.1. The molecule has 1 aliphatic rings. The Bertz CT molecular complexity index is 500. The van der Waals surface area contributed by atoms with Gasteiger partial charge in [0.15, 0.2) is 11.5 Å². The van der Waals surface area contributed by atoms with Crippen LogP contribution in [0.4, 0.5) is 0 Å². The Hall–Kier alpha value is -2.24. The van der Waals surface area contributed by atoms with Gasteiger partial charge in [-0.05, 0) is 19.1 Å². The minimum atomic E-state index is -0.956. The first-order valence-corrected chi connectivity index (χ1v) is 5.99. The van der Waals surface area contributed by atoms with Gasteiger partial charge in [0, 0.05) is 6.04 Å². The number of carboxylic acid groups (broad SMARTS) is 1. The van der Waals surface area contributed by atoms with E-state index in [1.165, 1.54) is 0 Å². The van der Waals surface area contributed by atoms with Crippen molar-refractivity contribution in [1.29, 1.82) is 0 Å². The van der Waals surface area contributed by atoms with Gasteiger partial charge in [-0.1, -0.05) is 6.07 Å². The molecule has 0 saturated carbocycles. The molecule has 19 heavy (non-hydrogen) atoms. The fourth-order valence-electron chi connectivity index (χ4n) is 1.87. The van der Waals surface area contributed by atoms with E-state index < -0.39 is 12.0 Å². The molecule has 0 spiro atoms. The van der Waals surface area contributed by atoms with E-state index >= 15 is 0 Å². The van der Waals surface area contributed by atoms with Crippen molar-refractivity contribution < 1.29 is 24.2 Å². The zero-order valence-corrected chi connectivity index (χ0v) is 10.5. The number of nitrogens with one attached hydrogen (secondary N) is 1. The molecule has 1 aliphatic heterocycles. The molecule has 1 atom stereocenters. The summed E-state index contributed by atoms with van der Waals surface area (Å²) in [5, 5.41) is 11.3. The highest BCUT2D eigenvalue weighted by molar-refractivity contribution is 5.98. The molecule has 6 heteroatoms. The molecule has 0 radical (unpaired) electrons. The lowest BCUT2D eigenvalue weighted by Gasteiger charge is -2.21. The Morgan fingerprint density at radius 1 is 1.37 bits per heavy atom. The average molecular weight is 265 g/mol. The van der Waals surface area contributed by atoms with Crippen LogP contribution in [0.25, 0.3) is 0 Å². The fourth-order valence-corrected chi connectivity index (χ4v) is 1.87. The average Bonchev–Trinajstić information content (AvgIpc) is 2.36. The lowest BCUT2D eigenvalue weighted by atomic mass is 10.1. The number of aliphatic carboxylic acids is 1. The molecule has 1 amide bonds. The molecule has 0 aliphatic carbocycles. The van der Waals surface area contributed by atoms with Crippen molar-refractivity contribution in [2.24, 2.45) is 0 Å². The van der Waals surface area contributed by atoms with E-state index in [0.29, 0.717) is 30.3 Å². The summed E-state index contributed by atoms with van der Waals surface area (Å²) >= 11 is 0. The number of carbonyl (C=O) groups is 2. The number of rotatable bonds is 4. The molecule has 0 fully saturated rings. The second-order valence-corrected chi connectivity index (χ2v) is 4.30. The molecular weight excluding hydrogens is 250 g/mol. The van der Waals surface area contributed by atoms with Crippen LogP contribution in [0.3, 0.4) is 0 Å². The third kappa shape index (κ3) is 3.15. The molecule has 0 saturated heterocycles. The van der Waals surface area contributed by atoms with Crippen molar-refractivity contribution in [2.75, 3.05) is 13.2 Å². The van der Waals surface area contributed by atoms with Crippen molar-refractivity contribution in [3.8, 4) is 11.5 Å². The molecule has 2 N–H and O–H groups in total. The number of benzene rings is 1. The van der Waals surface area contributed by atoms with Crippen molar-refractivity contribution >= 4 is 11.9 Å². The number of para-hydroxylation sites is 1. The monoisotopic (exact) mass is 265 g/mol. The van der Waals surface area contributed by atoms with Crippen LogP contribution < -0.4 is 14.8 Å². The van der Waals surface area contributed by atoms with Crippen LogP contribution in [0, 0.1) is 0 Å². The van der Waals surface area contributed by atoms with E-state index in [0.717, 1.165) is 0 Å². The summed E-state index contributed by atoms with van der Waals surface area (Å²) in [7, 11) is 0. The molecule has 2 rings (SSSR count). The van der Waals surface area contributed by atoms with E-state index in [1.54, 1.807) is 25.1 Å². The van der Waals surface area contributed by atoms with Crippen LogP contribution >= 0.6 is 0 Å². The van der Waals surface area contributed by atoms with Gasteiger partial charge in [-0.25, -0.2) is 0 Å². The van der Waals surface area contributed by atoms with Crippen LogP contribution in [0.15, 0.2) is 18.2 Å². The normalized spacial score (nSPS) is 14.6. The molecular formula is C13H15NO5. The van der Waals surface area contributed by atoms with Crippen molar-refractivity contribution in [1.82, 2.24) is 5.32 Å². The Morgan fingerprint density at radius 3 is 2.84 bits per heavy atom. The van der Waals surface area contributed by atoms with Gasteiger partial charge in [-0.15, -0.1) is 0 Å². The number of ether oxygens (including phenoxy) is 2. The van der Waals surface area contributed by atoms with Crippen LogP contribution in [0.5, 0.6) is 11.5 Å². The predicted octanol–water partition coefficient (Wildman–Crippen LogP) is 1.05. The maximum absolute atomic E-state index is 12.1. The molecule has 0 bridgehead atoms. The van der Waals surface area contributed by atoms with Gasteiger partial charge in [-0.3, -0.25) is 9.59 Å². The maximum Gasteiger partial charge on any atom is 0.305 e. The quantitative estimate of drug-likeness (QED) is 0.850. The van der Waals surface area contributed by atoms with E-state index in [-0.39, 0.29) is 12.3 Å². The number of fused-ring (bicyclic) bond motifs is 1. The molecule has 102 valence electrons. The highest BCUT2D eigenvalue weighted by Gasteiger charge is 2.21. The molecule has 1 unspecified atom stereocenters. The van der Waals surface area contributed by atoms with Crippen molar-refractivity contribution in [2.45, 2.75) is 19.4 Å². The Labute approximate surface area is 110 Å². The summed E-state index contributed by atoms with van der Waals surface area (Å²) in [6, 6.07) is 4.59. The van der Waals surface area contributed by atoms with Gasteiger partial charge >= 0.3 is 5.97 Å². The summed E-state index contributed by atoms with van der Waals surface area (Å²) in [4.78, 5) is 22.6. The first kappa shape index (κ1) is 13.2. The number of amides is 1. The van der Waals surface area contributed by atoms with Gasteiger partial charge in [0.2, 0.25) is 0 Å². The van der Waals surface area contributed by atoms with Gasteiger partial charge in [0.25, 0.3) is 5.91 Å². The predicted molar refractivity (Wildman–Crippen MR) is 66.6 cm³/mol. The van der Waals surface area contributed by atoms with E-state index in [9.17, 15) is 9.59 Å². The number of hydrogen-bond acceptors (Lipinski definition) is 4. The lowest BCUT2D eigenvalue weighted by Crippen LogP contribution is -2.34. The first-order chi connectivity index (χ1) is 9.08. The summed E-state index contributed by atoms with van der Waals surface area (Å²) in [5.74, 6) is -0.378. The van der Waals surface area contributed by atoms with Gasteiger partial charge < -0.3 is 19.9 Å². The molecule has 1 aromatic carbocycles. The third-order valence-corrected chi connectivity index (χ3v) is 2.67. The second kappa shape index (κ2) is 5.60. The molecule has 6 nitrogen and oxygen atoms in total. The highest BCUT2D eigenvalue weighted by atomic mass is 16.6. The Kier molecular flexibility index (Phi) is 3.89. The number of hydrogen-bond donors (Lipinski definition) is 2. The van der Waals surface area contributed by atoms with Crippen LogP contribution in [-0.2, 0) is 4.79 Å². The number of carboxylic acids is 1. The van der Waals surface area contributed by atoms with Crippen molar-refractivity contribution in [3.05, 3.63) is 23.8 Å². The fraction of sp³-hybridized carbons (Fsp3) is 0.385. The Balaban J connectivity index is 2.13. The van der Waals surface area contributed by atoms with Crippen LogP contribution in [0.2, 0.25) is 0 Å². The molecule has 1 aromatic rings. The van der Waals surface area contributed by atoms with Gasteiger partial charge in [0.05, 0.1) is 12.0 Å².